The van der Waals surface area contributed by atoms with Crippen molar-refractivity contribution in [1.82, 2.24) is 0 Å². The van der Waals surface area contributed by atoms with E-state index < -0.39 is 11.9 Å². The summed E-state index contributed by atoms with van der Waals surface area (Å²) < 4.78 is 16.0. The molecule has 0 aliphatic rings. The van der Waals surface area contributed by atoms with E-state index in [1.54, 1.807) is 20.3 Å². The predicted molar refractivity (Wildman–Crippen MR) is 96.0 cm³/mol. The zero-order valence-electron chi connectivity index (χ0n) is 15.0. The number of aliphatic carboxylic acids is 1. The first kappa shape index (κ1) is 18.6. The van der Waals surface area contributed by atoms with Gasteiger partial charge in [-0.1, -0.05) is 12.1 Å². The van der Waals surface area contributed by atoms with Gasteiger partial charge in [0.1, 0.15) is 5.75 Å². The van der Waals surface area contributed by atoms with Gasteiger partial charge in [-0.05, 0) is 61.2 Å². The van der Waals surface area contributed by atoms with Gasteiger partial charge in [0.15, 0.2) is 11.5 Å². The molecule has 5 nitrogen and oxygen atoms in total. The second-order valence-electron chi connectivity index (χ2n) is 5.74. The predicted octanol–water partition coefficient (Wildman–Crippen LogP) is 3.82. The number of methoxy groups -OCH3 is 2. The summed E-state index contributed by atoms with van der Waals surface area (Å²) >= 11 is 0. The fourth-order valence-corrected chi connectivity index (χ4v) is 2.87. The maximum atomic E-state index is 11.9. The van der Waals surface area contributed by atoms with E-state index in [4.69, 9.17) is 14.2 Å². The van der Waals surface area contributed by atoms with Crippen LogP contribution in [0.5, 0.6) is 17.2 Å². The second kappa shape index (κ2) is 8.42. The molecule has 0 heterocycles. The molecule has 0 saturated heterocycles. The van der Waals surface area contributed by atoms with Gasteiger partial charge in [0, 0.05) is 0 Å². The Morgan fingerprint density at radius 1 is 1.08 bits per heavy atom. The summed E-state index contributed by atoms with van der Waals surface area (Å²) in [5.41, 5.74) is 2.56. The number of benzene rings is 2. The van der Waals surface area contributed by atoms with Crippen molar-refractivity contribution in [2.45, 2.75) is 26.2 Å². The van der Waals surface area contributed by atoms with Crippen molar-refractivity contribution in [2.75, 3.05) is 20.8 Å². The number of rotatable bonds is 8. The molecule has 0 saturated carbocycles. The lowest BCUT2D eigenvalue weighted by Crippen LogP contribution is -2.16. The third-order valence-corrected chi connectivity index (χ3v) is 4.11. The van der Waals surface area contributed by atoms with Crippen LogP contribution in [0.4, 0.5) is 0 Å². The molecule has 0 amide bonds. The van der Waals surface area contributed by atoms with Crippen LogP contribution in [0.15, 0.2) is 36.4 Å². The molecule has 2 aromatic rings. The largest absolute Gasteiger partial charge is 0.494 e. The summed E-state index contributed by atoms with van der Waals surface area (Å²) in [4.78, 5) is 11.9. The van der Waals surface area contributed by atoms with E-state index in [0.717, 1.165) is 22.4 Å². The average Bonchev–Trinajstić information content (AvgIpc) is 2.60. The maximum absolute atomic E-state index is 11.9. The highest BCUT2D eigenvalue weighted by Crippen LogP contribution is 2.32. The van der Waals surface area contributed by atoms with Crippen molar-refractivity contribution >= 4 is 5.97 Å². The lowest BCUT2D eigenvalue weighted by atomic mass is 9.89. The van der Waals surface area contributed by atoms with Crippen molar-refractivity contribution in [3.05, 3.63) is 53.1 Å². The van der Waals surface area contributed by atoms with Crippen molar-refractivity contribution in [3.8, 4) is 17.2 Å². The minimum absolute atomic E-state index is 0.366. The third kappa shape index (κ3) is 4.44. The lowest BCUT2D eigenvalue weighted by molar-refractivity contribution is -0.138. The van der Waals surface area contributed by atoms with E-state index in [9.17, 15) is 9.90 Å². The van der Waals surface area contributed by atoms with E-state index >= 15 is 0 Å². The minimum atomic E-state index is -0.859. The summed E-state index contributed by atoms with van der Waals surface area (Å²) in [6, 6.07) is 11.0. The fraction of sp³-hybridized carbons (Fsp3) is 0.350. The van der Waals surface area contributed by atoms with E-state index in [-0.39, 0.29) is 0 Å². The Balaban J connectivity index is 2.32. The highest BCUT2D eigenvalue weighted by Gasteiger charge is 2.23. The Labute approximate surface area is 148 Å². The lowest BCUT2D eigenvalue weighted by Gasteiger charge is -2.17. The topological polar surface area (TPSA) is 65.0 Å². The molecular weight excluding hydrogens is 320 g/mol. The van der Waals surface area contributed by atoms with Gasteiger partial charge in [0.05, 0.1) is 26.7 Å². The molecule has 0 fully saturated rings. The summed E-state index contributed by atoms with van der Waals surface area (Å²) in [6.45, 7) is 4.40. The van der Waals surface area contributed by atoms with E-state index in [1.807, 2.05) is 44.2 Å². The summed E-state index contributed by atoms with van der Waals surface area (Å²) in [5.74, 6) is 0.456. The second-order valence-corrected chi connectivity index (χ2v) is 5.74. The molecule has 25 heavy (non-hydrogen) atoms. The number of carboxylic acids is 1. The van der Waals surface area contributed by atoms with Crippen LogP contribution in [0.1, 0.15) is 29.5 Å². The summed E-state index contributed by atoms with van der Waals surface area (Å²) in [6.07, 6.45) is 0.366. The Morgan fingerprint density at radius 2 is 1.80 bits per heavy atom. The van der Waals surface area contributed by atoms with E-state index in [2.05, 4.69) is 0 Å². The summed E-state index contributed by atoms with van der Waals surface area (Å²) in [7, 11) is 3.13. The van der Waals surface area contributed by atoms with Crippen LogP contribution in [0, 0.1) is 6.92 Å². The molecule has 0 aliphatic heterocycles. The van der Waals surface area contributed by atoms with Crippen molar-refractivity contribution in [3.63, 3.8) is 0 Å². The molecule has 0 radical (unpaired) electrons. The molecule has 5 heteroatoms. The zero-order valence-corrected chi connectivity index (χ0v) is 15.0. The smallest absolute Gasteiger partial charge is 0.311 e. The number of carbonyl (C=O) groups is 1. The number of ether oxygens (including phenoxy) is 3. The van der Waals surface area contributed by atoms with E-state index in [0.29, 0.717) is 24.5 Å². The standard InChI is InChI=1S/C20H24O5/c1-5-25-15-7-8-16(13(2)10-15)17(20(21)22)11-14-6-9-18(23-3)19(12-14)24-4/h6-10,12,17H,5,11H2,1-4H3,(H,21,22). The Kier molecular flexibility index (Phi) is 6.28. The molecule has 0 aliphatic carbocycles. The van der Waals surface area contributed by atoms with Crippen LogP contribution < -0.4 is 14.2 Å². The van der Waals surface area contributed by atoms with Crippen LogP contribution in [-0.2, 0) is 11.2 Å². The van der Waals surface area contributed by atoms with Crippen LogP contribution in [0.25, 0.3) is 0 Å². The Hall–Kier alpha value is -2.69. The molecule has 0 bridgehead atoms. The van der Waals surface area contributed by atoms with Gasteiger partial charge in [-0.2, -0.15) is 0 Å². The number of hydrogen-bond acceptors (Lipinski definition) is 4. The Bertz CT molecular complexity index is 739. The third-order valence-electron chi connectivity index (χ3n) is 4.11. The molecule has 2 rings (SSSR count). The highest BCUT2D eigenvalue weighted by molar-refractivity contribution is 5.77. The van der Waals surface area contributed by atoms with Crippen LogP contribution in [-0.4, -0.2) is 31.9 Å². The van der Waals surface area contributed by atoms with Crippen LogP contribution >= 0.6 is 0 Å². The van der Waals surface area contributed by atoms with Gasteiger partial charge in [-0.15, -0.1) is 0 Å². The first-order valence-electron chi connectivity index (χ1n) is 8.17. The Morgan fingerprint density at radius 3 is 2.36 bits per heavy atom. The zero-order chi connectivity index (χ0) is 18.4. The fourth-order valence-electron chi connectivity index (χ4n) is 2.87. The van der Waals surface area contributed by atoms with Crippen molar-refractivity contribution in [2.24, 2.45) is 0 Å². The number of aryl methyl sites for hydroxylation is 1. The monoisotopic (exact) mass is 344 g/mol. The SMILES string of the molecule is CCOc1ccc(C(Cc2ccc(OC)c(OC)c2)C(=O)O)c(C)c1. The van der Waals surface area contributed by atoms with Crippen molar-refractivity contribution < 1.29 is 24.1 Å². The van der Waals surface area contributed by atoms with E-state index in [1.165, 1.54) is 0 Å². The van der Waals surface area contributed by atoms with Gasteiger partial charge in [0.2, 0.25) is 0 Å². The van der Waals surface area contributed by atoms with Gasteiger partial charge < -0.3 is 19.3 Å². The highest BCUT2D eigenvalue weighted by atomic mass is 16.5. The number of carboxylic acid groups (broad SMARTS) is 1. The van der Waals surface area contributed by atoms with Crippen LogP contribution in [0.2, 0.25) is 0 Å². The summed E-state index contributed by atoms with van der Waals surface area (Å²) in [5, 5.41) is 9.73. The van der Waals surface area contributed by atoms with Gasteiger partial charge in [-0.25, -0.2) is 0 Å². The molecule has 134 valence electrons. The maximum Gasteiger partial charge on any atom is 0.311 e. The molecule has 0 aromatic heterocycles. The first-order valence-corrected chi connectivity index (χ1v) is 8.17. The van der Waals surface area contributed by atoms with Crippen LogP contribution in [0.3, 0.4) is 0 Å². The quantitative estimate of drug-likeness (QED) is 0.788. The van der Waals surface area contributed by atoms with Gasteiger partial charge >= 0.3 is 5.97 Å². The normalized spacial score (nSPS) is 11.7. The first-order chi connectivity index (χ1) is 12.0. The number of hydrogen-bond donors (Lipinski definition) is 1. The molecule has 1 atom stereocenters. The molecule has 1 N–H and O–H groups in total. The average molecular weight is 344 g/mol. The molecule has 0 spiro atoms. The minimum Gasteiger partial charge on any atom is -0.494 e. The molecule has 1 unspecified atom stereocenters. The van der Waals surface area contributed by atoms with Crippen molar-refractivity contribution in [1.29, 1.82) is 0 Å². The molecule has 2 aromatic carbocycles. The van der Waals surface area contributed by atoms with Gasteiger partial charge in [0.25, 0.3) is 0 Å². The van der Waals surface area contributed by atoms with Gasteiger partial charge in [-0.3, -0.25) is 4.79 Å². The molecular formula is C20H24O5.